The highest BCUT2D eigenvalue weighted by atomic mass is 32.1. The molecular weight excluding hydrogens is 324 g/mol. The van der Waals surface area contributed by atoms with E-state index in [1.807, 2.05) is 12.1 Å². The first kappa shape index (κ1) is 15.5. The third-order valence-electron chi connectivity index (χ3n) is 4.82. The number of amides is 3. The van der Waals surface area contributed by atoms with Gasteiger partial charge in [0.15, 0.2) is 0 Å². The standard InChI is InChI=1S/C17H20N4O2S/c1-19-10-15(22)21(17(19)23)11-20-8-6-12(7-9-20)16-18-13-4-2-3-5-14(13)24-16/h2-5,12H,6-11H2,1H3. The molecule has 24 heavy (non-hydrogen) atoms. The van der Waals surface area contributed by atoms with Crippen molar-refractivity contribution in [3.05, 3.63) is 29.3 Å². The molecule has 2 aliphatic heterocycles. The highest BCUT2D eigenvalue weighted by Crippen LogP contribution is 2.33. The predicted octanol–water partition coefficient (Wildman–Crippen LogP) is 2.33. The number of rotatable bonds is 3. The second-order valence-corrected chi connectivity index (χ2v) is 7.58. The number of thiazole rings is 1. The molecule has 2 fully saturated rings. The van der Waals surface area contributed by atoms with Crippen molar-refractivity contribution in [2.75, 3.05) is 33.4 Å². The second-order valence-electron chi connectivity index (χ2n) is 6.51. The van der Waals surface area contributed by atoms with E-state index in [1.54, 1.807) is 18.4 Å². The number of piperidine rings is 1. The first-order valence-electron chi connectivity index (χ1n) is 8.25. The number of likely N-dealkylation sites (N-methyl/N-ethyl adjacent to an activating group) is 1. The number of benzene rings is 1. The lowest BCUT2D eigenvalue weighted by molar-refractivity contribution is -0.126. The van der Waals surface area contributed by atoms with Crippen molar-refractivity contribution in [1.29, 1.82) is 0 Å². The summed E-state index contributed by atoms with van der Waals surface area (Å²) >= 11 is 1.78. The molecule has 0 N–H and O–H groups in total. The van der Waals surface area contributed by atoms with Crippen molar-refractivity contribution < 1.29 is 9.59 Å². The summed E-state index contributed by atoms with van der Waals surface area (Å²) < 4.78 is 1.24. The number of imide groups is 1. The van der Waals surface area contributed by atoms with Gasteiger partial charge in [-0.2, -0.15) is 0 Å². The normalized spacial score (nSPS) is 20.5. The van der Waals surface area contributed by atoms with E-state index >= 15 is 0 Å². The Kier molecular flexibility index (Phi) is 3.97. The maximum Gasteiger partial charge on any atom is 0.328 e. The lowest BCUT2D eigenvalue weighted by Gasteiger charge is -2.32. The first-order valence-corrected chi connectivity index (χ1v) is 9.07. The largest absolute Gasteiger partial charge is 0.328 e. The molecule has 2 aromatic rings. The van der Waals surface area contributed by atoms with Gasteiger partial charge in [-0.1, -0.05) is 12.1 Å². The van der Waals surface area contributed by atoms with Crippen LogP contribution in [0.3, 0.4) is 0 Å². The van der Waals surface area contributed by atoms with Crippen LogP contribution in [0.2, 0.25) is 0 Å². The van der Waals surface area contributed by atoms with E-state index in [-0.39, 0.29) is 18.5 Å². The maximum absolute atomic E-state index is 12.0. The highest BCUT2D eigenvalue weighted by Gasteiger charge is 2.35. The van der Waals surface area contributed by atoms with E-state index in [9.17, 15) is 9.59 Å². The lowest BCUT2D eigenvalue weighted by atomic mass is 9.98. The smallest absolute Gasteiger partial charge is 0.318 e. The number of aromatic nitrogens is 1. The van der Waals surface area contributed by atoms with E-state index in [0.717, 1.165) is 31.4 Å². The molecule has 2 aliphatic rings. The van der Waals surface area contributed by atoms with Crippen LogP contribution >= 0.6 is 11.3 Å². The van der Waals surface area contributed by atoms with E-state index in [4.69, 9.17) is 4.98 Å². The molecule has 0 spiro atoms. The van der Waals surface area contributed by atoms with Crippen LogP contribution in [0.4, 0.5) is 4.79 Å². The van der Waals surface area contributed by atoms with Crippen LogP contribution in [0.15, 0.2) is 24.3 Å². The van der Waals surface area contributed by atoms with Crippen LogP contribution in [0.25, 0.3) is 10.2 Å². The molecule has 3 heterocycles. The Balaban J connectivity index is 1.38. The molecule has 0 atom stereocenters. The number of hydrogen-bond donors (Lipinski definition) is 0. The van der Waals surface area contributed by atoms with Crippen LogP contribution in [0.5, 0.6) is 0 Å². The van der Waals surface area contributed by atoms with Crippen LogP contribution < -0.4 is 0 Å². The average Bonchev–Trinajstić information content (AvgIpc) is 3.12. The fourth-order valence-electron chi connectivity index (χ4n) is 3.39. The van der Waals surface area contributed by atoms with Gasteiger partial charge in [-0.3, -0.25) is 9.69 Å². The van der Waals surface area contributed by atoms with Gasteiger partial charge in [0.2, 0.25) is 0 Å². The number of para-hydroxylation sites is 1. The van der Waals surface area contributed by atoms with Gasteiger partial charge in [-0.25, -0.2) is 14.7 Å². The summed E-state index contributed by atoms with van der Waals surface area (Å²) in [6.45, 7) is 2.39. The summed E-state index contributed by atoms with van der Waals surface area (Å²) in [5.74, 6) is 0.377. The van der Waals surface area contributed by atoms with E-state index < -0.39 is 0 Å². The zero-order valence-corrected chi connectivity index (χ0v) is 14.5. The second kappa shape index (κ2) is 6.14. The number of fused-ring (bicyclic) bond motifs is 1. The summed E-state index contributed by atoms with van der Waals surface area (Å²) in [5, 5.41) is 1.21. The van der Waals surface area contributed by atoms with Crippen molar-refractivity contribution in [2.24, 2.45) is 0 Å². The molecule has 0 unspecified atom stereocenters. The van der Waals surface area contributed by atoms with Crippen molar-refractivity contribution in [3.63, 3.8) is 0 Å². The van der Waals surface area contributed by atoms with Crippen LogP contribution in [-0.2, 0) is 4.79 Å². The Morgan fingerprint density at radius 2 is 1.96 bits per heavy atom. The number of nitrogens with zero attached hydrogens (tertiary/aromatic N) is 4. The molecule has 126 valence electrons. The van der Waals surface area contributed by atoms with Gasteiger partial charge in [0.05, 0.1) is 21.9 Å². The molecule has 3 amide bonds. The number of urea groups is 1. The topological polar surface area (TPSA) is 56.8 Å². The van der Waals surface area contributed by atoms with Crippen LogP contribution in [-0.4, -0.2) is 65.0 Å². The fourth-order valence-corrected chi connectivity index (χ4v) is 4.53. The Labute approximate surface area is 144 Å². The summed E-state index contributed by atoms with van der Waals surface area (Å²) in [7, 11) is 1.67. The Hall–Kier alpha value is -1.99. The monoisotopic (exact) mass is 344 g/mol. The number of carbonyl (C=O) groups excluding carboxylic acids is 2. The Bertz CT molecular complexity index is 749. The van der Waals surface area contributed by atoms with Crippen LogP contribution in [0, 0.1) is 0 Å². The fraction of sp³-hybridized carbons (Fsp3) is 0.471. The average molecular weight is 344 g/mol. The first-order chi connectivity index (χ1) is 11.6. The summed E-state index contributed by atoms with van der Waals surface area (Å²) in [6.07, 6.45) is 2.04. The predicted molar refractivity (Wildman–Crippen MR) is 92.9 cm³/mol. The van der Waals surface area contributed by atoms with E-state index in [0.29, 0.717) is 12.6 Å². The molecule has 1 aromatic carbocycles. The minimum absolute atomic E-state index is 0.101. The number of carbonyl (C=O) groups is 2. The van der Waals surface area contributed by atoms with Crippen molar-refractivity contribution in [2.45, 2.75) is 18.8 Å². The zero-order valence-electron chi connectivity index (χ0n) is 13.6. The van der Waals surface area contributed by atoms with Crippen molar-refractivity contribution >= 4 is 33.5 Å². The minimum Gasteiger partial charge on any atom is -0.318 e. The SMILES string of the molecule is CN1CC(=O)N(CN2CCC(c3nc4ccccc4s3)CC2)C1=O. The van der Waals surface area contributed by atoms with Gasteiger partial charge in [-0.15, -0.1) is 11.3 Å². The van der Waals surface area contributed by atoms with Gasteiger partial charge < -0.3 is 4.90 Å². The maximum atomic E-state index is 12.0. The van der Waals surface area contributed by atoms with Gasteiger partial charge >= 0.3 is 6.03 Å². The number of likely N-dealkylation sites (tertiary alicyclic amines) is 1. The van der Waals surface area contributed by atoms with Gasteiger partial charge in [-0.05, 0) is 25.0 Å². The summed E-state index contributed by atoms with van der Waals surface area (Å²) in [4.78, 5) is 33.6. The molecule has 0 radical (unpaired) electrons. The Morgan fingerprint density at radius 3 is 2.62 bits per heavy atom. The van der Waals surface area contributed by atoms with Crippen molar-refractivity contribution in [3.8, 4) is 0 Å². The highest BCUT2D eigenvalue weighted by molar-refractivity contribution is 7.18. The van der Waals surface area contributed by atoms with E-state index in [1.165, 1.54) is 19.5 Å². The molecule has 6 nitrogen and oxygen atoms in total. The minimum atomic E-state index is -0.187. The third-order valence-corrected chi connectivity index (χ3v) is 6.02. The quantitative estimate of drug-likeness (QED) is 0.802. The molecule has 4 rings (SSSR count). The van der Waals surface area contributed by atoms with E-state index in [2.05, 4.69) is 17.0 Å². The van der Waals surface area contributed by atoms with Crippen molar-refractivity contribution in [1.82, 2.24) is 19.7 Å². The zero-order chi connectivity index (χ0) is 16.7. The van der Waals surface area contributed by atoms with Gasteiger partial charge in [0.1, 0.15) is 6.54 Å². The molecule has 2 saturated heterocycles. The van der Waals surface area contributed by atoms with Crippen LogP contribution in [0.1, 0.15) is 23.8 Å². The molecule has 0 saturated carbocycles. The molecule has 0 aliphatic carbocycles. The molecule has 0 bridgehead atoms. The third kappa shape index (κ3) is 2.78. The summed E-state index contributed by atoms with van der Waals surface area (Å²) in [5.41, 5.74) is 1.08. The van der Waals surface area contributed by atoms with Gasteiger partial charge in [0, 0.05) is 26.1 Å². The molecule has 1 aromatic heterocycles. The Morgan fingerprint density at radius 1 is 1.21 bits per heavy atom. The molecule has 7 heteroatoms. The lowest BCUT2D eigenvalue weighted by Crippen LogP contribution is -2.44. The van der Waals surface area contributed by atoms with Gasteiger partial charge in [0.25, 0.3) is 5.91 Å². The summed E-state index contributed by atoms with van der Waals surface area (Å²) in [6, 6.07) is 8.07. The molecular formula is C17H20N4O2S. The number of hydrogen-bond acceptors (Lipinski definition) is 5.